The van der Waals surface area contributed by atoms with E-state index in [4.69, 9.17) is 9.47 Å². The first-order valence-electron chi connectivity index (χ1n) is 12.1. The van der Waals surface area contributed by atoms with Crippen LogP contribution in [-0.4, -0.2) is 40.5 Å². The van der Waals surface area contributed by atoms with E-state index in [0.717, 1.165) is 24.2 Å². The Hall–Kier alpha value is -4.46. The number of ether oxygens (including phenoxy) is 2. The highest BCUT2D eigenvalue weighted by Crippen LogP contribution is 2.42. The minimum absolute atomic E-state index is 0.0389. The highest BCUT2D eigenvalue weighted by Gasteiger charge is 2.47. The molecule has 0 radical (unpaired) electrons. The van der Waals surface area contributed by atoms with Gasteiger partial charge in [0.1, 0.15) is 11.5 Å². The summed E-state index contributed by atoms with van der Waals surface area (Å²) in [5.41, 5.74) is 2.49. The van der Waals surface area contributed by atoms with Gasteiger partial charge >= 0.3 is 5.97 Å². The largest absolute Gasteiger partial charge is 0.507 e. The maximum atomic E-state index is 13.4. The fraction of sp³-hybridized carbons (Fsp3) is 0.241. The predicted molar refractivity (Wildman–Crippen MR) is 136 cm³/mol. The Morgan fingerprint density at radius 1 is 1.08 bits per heavy atom. The summed E-state index contributed by atoms with van der Waals surface area (Å²) in [7, 11) is 0. The summed E-state index contributed by atoms with van der Waals surface area (Å²) in [4.78, 5) is 44.7. The van der Waals surface area contributed by atoms with Crippen LogP contribution in [0.5, 0.6) is 5.75 Å². The summed E-state index contributed by atoms with van der Waals surface area (Å²) in [6.07, 6.45) is 4.44. The van der Waals surface area contributed by atoms with Gasteiger partial charge in [-0.1, -0.05) is 6.07 Å². The van der Waals surface area contributed by atoms with Crippen molar-refractivity contribution in [1.29, 1.82) is 0 Å². The average Bonchev–Trinajstić information content (AvgIpc) is 3.18. The van der Waals surface area contributed by atoms with Crippen molar-refractivity contribution in [3.05, 3.63) is 94.8 Å². The van der Waals surface area contributed by atoms with Gasteiger partial charge in [-0.2, -0.15) is 0 Å². The lowest BCUT2D eigenvalue weighted by molar-refractivity contribution is -0.132. The normalized spacial score (nSPS) is 18.5. The molecule has 3 heterocycles. The van der Waals surface area contributed by atoms with E-state index in [1.807, 2.05) is 0 Å². The molecule has 2 aromatic carbocycles. The summed E-state index contributed by atoms with van der Waals surface area (Å²) >= 11 is 0. The molecule has 2 aliphatic heterocycles. The van der Waals surface area contributed by atoms with Crippen molar-refractivity contribution in [3.63, 3.8) is 0 Å². The number of esters is 1. The van der Waals surface area contributed by atoms with Crippen LogP contribution < -0.4 is 9.64 Å². The van der Waals surface area contributed by atoms with E-state index in [1.54, 1.807) is 74.8 Å². The molecule has 0 saturated carbocycles. The van der Waals surface area contributed by atoms with Gasteiger partial charge in [-0.25, -0.2) is 4.79 Å². The Morgan fingerprint density at radius 3 is 2.62 bits per heavy atom. The van der Waals surface area contributed by atoms with Gasteiger partial charge in [-0.3, -0.25) is 19.5 Å². The van der Waals surface area contributed by atoms with Crippen LogP contribution in [0.3, 0.4) is 0 Å². The number of benzene rings is 2. The van der Waals surface area contributed by atoms with Gasteiger partial charge in [0, 0.05) is 23.6 Å². The second kappa shape index (κ2) is 9.89. The van der Waals surface area contributed by atoms with Gasteiger partial charge in [0.25, 0.3) is 11.7 Å². The van der Waals surface area contributed by atoms with Gasteiger partial charge < -0.3 is 14.6 Å². The smallest absolute Gasteiger partial charge is 0.338 e. The van der Waals surface area contributed by atoms with Gasteiger partial charge in [-0.15, -0.1) is 0 Å². The number of aliphatic hydroxyl groups is 1. The molecular formula is C29H26N2O6. The molecule has 1 N–H and O–H groups in total. The summed E-state index contributed by atoms with van der Waals surface area (Å²) in [6.45, 7) is 4.13. The first-order valence-corrected chi connectivity index (χ1v) is 12.1. The number of ketones is 1. The Labute approximate surface area is 214 Å². The molecule has 188 valence electrons. The molecule has 8 heteroatoms. The van der Waals surface area contributed by atoms with Crippen molar-refractivity contribution >= 4 is 29.1 Å². The molecular weight excluding hydrogens is 472 g/mol. The van der Waals surface area contributed by atoms with Gasteiger partial charge in [0.2, 0.25) is 0 Å². The SMILES string of the molecule is CC(C)OC(=O)c1cccc(N2C(=O)C(=O)/C(=C(\O)c3ccc4c(c3)CCCO4)C2c2ccncc2)c1. The summed E-state index contributed by atoms with van der Waals surface area (Å²) in [5.74, 6) is -1.68. The van der Waals surface area contributed by atoms with E-state index in [-0.39, 0.29) is 23.0 Å². The van der Waals surface area contributed by atoms with Crippen molar-refractivity contribution in [1.82, 2.24) is 4.98 Å². The molecule has 1 unspecified atom stereocenters. The molecule has 1 atom stereocenters. The Kier molecular flexibility index (Phi) is 6.48. The number of hydrogen-bond donors (Lipinski definition) is 1. The van der Waals surface area contributed by atoms with Gasteiger partial charge in [0.05, 0.1) is 29.9 Å². The number of carbonyl (C=O) groups excluding carboxylic acids is 3. The third-order valence-corrected chi connectivity index (χ3v) is 6.35. The van der Waals surface area contributed by atoms with E-state index in [1.165, 1.54) is 11.0 Å². The molecule has 8 nitrogen and oxygen atoms in total. The first kappa shape index (κ1) is 24.2. The highest BCUT2D eigenvalue weighted by atomic mass is 16.5. The van der Waals surface area contributed by atoms with Crippen LogP contribution in [0.4, 0.5) is 5.69 Å². The van der Waals surface area contributed by atoms with Crippen LogP contribution in [0, 0.1) is 0 Å². The fourth-order valence-corrected chi connectivity index (χ4v) is 4.69. The molecule has 0 spiro atoms. The number of anilines is 1. The first-order chi connectivity index (χ1) is 17.8. The number of rotatable bonds is 5. The van der Waals surface area contributed by atoms with Gasteiger partial charge in [-0.05, 0) is 86.3 Å². The van der Waals surface area contributed by atoms with E-state index >= 15 is 0 Å². The lowest BCUT2D eigenvalue weighted by atomic mass is 9.94. The number of Topliss-reactive ketones (excluding diaryl/α,β-unsaturated/α-hetero) is 1. The number of aromatic nitrogens is 1. The number of aliphatic hydroxyl groups excluding tert-OH is 1. The summed E-state index contributed by atoms with van der Waals surface area (Å²) in [6, 6.07) is 14.1. The predicted octanol–water partition coefficient (Wildman–Crippen LogP) is 4.60. The standard InChI is InChI=1S/C29H26N2O6/c1-17(2)37-29(35)21-5-3-7-22(16-21)31-25(18-10-12-30-13-11-18)24(27(33)28(31)34)26(32)20-8-9-23-19(15-20)6-4-14-36-23/h3,5,7-13,15-17,25,32H,4,6,14H2,1-2H3/b26-24-. The van der Waals surface area contributed by atoms with Crippen molar-refractivity contribution in [2.45, 2.75) is 38.8 Å². The molecule has 5 rings (SSSR count). The molecule has 2 aliphatic rings. The Morgan fingerprint density at radius 2 is 1.86 bits per heavy atom. The second-order valence-electron chi connectivity index (χ2n) is 9.23. The number of fused-ring (bicyclic) bond motifs is 1. The van der Waals surface area contributed by atoms with Crippen molar-refractivity contribution in [2.24, 2.45) is 0 Å². The molecule has 37 heavy (non-hydrogen) atoms. The molecule has 1 saturated heterocycles. The lowest BCUT2D eigenvalue weighted by Crippen LogP contribution is -2.29. The van der Waals surface area contributed by atoms with Crippen LogP contribution in [-0.2, 0) is 20.7 Å². The van der Waals surface area contributed by atoms with Gasteiger partial charge in [0.15, 0.2) is 0 Å². The van der Waals surface area contributed by atoms with E-state index in [9.17, 15) is 19.5 Å². The second-order valence-corrected chi connectivity index (χ2v) is 9.23. The highest BCUT2D eigenvalue weighted by molar-refractivity contribution is 6.51. The van der Waals surface area contributed by atoms with Crippen LogP contribution in [0.15, 0.2) is 72.6 Å². The summed E-state index contributed by atoms with van der Waals surface area (Å²) in [5, 5.41) is 11.4. The number of amides is 1. The van der Waals surface area contributed by atoms with Crippen molar-refractivity contribution in [2.75, 3.05) is 11.5 Å². The van der Waals surface area contributed by atoms with Crippen LogP contribution in [0.2, 0.25) is 0 Å². The number of pyridine rings is 1. The zero-order chi connectivity index (χ0) is 26.1. The van der Waals surface area contributed by atoms with E-state index < -0.39 is 23.7 Å². The number of nitrogens with zero attached hydrogens (tertiary/aromatic N) is 2. The fourth-order valence-electron chi connectivity index (χ4n) is 4.69. The van der Waals surface area contributed by atoms with E-state index in [0.29, 0.717) is 23.4 Å². The number of aryl methyl sites for hydroxylation is 1. The maximum absolute atomic E-state index is 13.4. The topological polar surface area (TPSA) is 106 Å². The lowest BCUT2D eigenvalue weighted by Gasteiger charge is -2.26. The zero-order valence-corrected chi connectivity index (χ0v) is 20.5. The molecule has 1 aromatic heterocycles. The minimum Gasteiger partial charge on any atom is -0.507 e. The molecule has 1 fully saturated rings. The van der Waals surface area contributed by atoms with E-state index in [2.05, 4.69) is 4.98 Å². The molecule has 0 bridgehead atoms. The third kappa shape index (κ3) is 4.58. The van der Waals surface area contributed by atoms with Crippen LogP contribution in [0.25, 0.3) is 5.76 Å². The monoisotopic (exact) mass is 498 g/mol. The average molecular weight is 499 g/mol. The molecule has 1 amide bonds. The quantitative estimate of drug-likeness (QED) is 0.237. The Bertz CT molecular complexity index is 1410. The zero-order valence-electron chi connectivity index (χ0n) is 20.5. The number of hydrogen-bond acceptors (Lipinski definition) is 7. The summed E-state index contributed by atoms with van der Waals surface area (Å²) < 4.78 is 11.0. The molecule has 3 aromatic rings. The van der Waals surface area contributed by atoms with Crippen LogP contribution in [0.1, 0.15) is 53.4 Å². The maximum Gasteiger partial charge on any atom is 0.338 e. The van der Waals surface area contributed by atoms with Crippen LogP contribution >= 0.6 is 0 Å². The third-order valence-electron chi connectivity index (χ3n) is 6.35. The Balaban J connectivity index is 1.64. The minimum atomic E-state index is -0.924. The van der Waals surface area contributed by atoms with Crippen molar-refractivity contribution in [3.8, 4) is 5.75 Å². The molecule has 0 aliphatic carbocycles. The number of carbonyl (C=O) groups is 3. The van der Waals surface area contributed by atoms with Crippen molar-refractivity contribution < 1.29 is 29.0 Å².